The summed E-state index contributed by atoms with van der Waals surface area (Å²) in [6.45, 7) is 2.06. The van der Waals surface area contributed by atoms with Crippen molar-refractivity contribution in [3.8, 4) is 11.1 Å². The molecule has 0 aliphatic carbocycles. The average molecular weight is 198 g/mol. The van der Waals surface area contributed by atoms with Gasteiger partial charge in [-0.1, -0.05) is 18.2 Å². The summed E-state index contributed by atoms with van der Waals surface area (Å²) < 4.78 is 0. The van der Waals surface area contributed by atoms with Crippen LogP contribution in [0.2, 0.25) is 0 Å². The molecule has 0 aliphatic rings. The first-order valence-electron chi connectivity index (χ1n) is 4.89. The first-order chi connectivity index (χ1) is 7.16. The van der Waals surface area contributed by atoms with Gasteiger partial charge in [-0.05, 0) is 47.9 Å². The van der Waals surface area contributed by atoms with Crippen LogP contribution >= 0.6 is 0 Å². The van der Waals surface area contributed by atoms with Crippen molar-refractivity contribution in [2.75, 3.05) is 11.5 Å². The summed E-state index contributed by atoms with van der Waals surface area (Å²) in [6.07, 6.45) is 0. The molecule has 2 aromatic rings. The van der Waals surface area contributed by atoms with Gasteiger partial charge in [0.25, 0.3) is 0 Å². The van der Waals surface area contributed by atoms with Crippen molar-refractivity contribution in [1.29, 1.82) is 0 Å². The lowest BCUT2D eigenvalue weighted by molar-refractivity contribution is 1.46. The summed E-state index contributed by atoms with van der Waals surface area (Å²) in [5, 5.41) is 0. The molecule has 2 rings (SSSR count). The minimum absolute atomic E-state index is 0.784. The van der Waals surface area contributed by atoms with Gasteiger partial charge in [0.15, 0.2) is 0 Å². The van der Waals surface area contributed by atoms with Crippen molar-refractivity contribution in [3.63, 3.8) is 0 Å². The summed E-state index contributed by atoms with van der Waals surface area (Å²) in [4.78, 5) is 0. The Morgan fingerprint density at radius 3 is 2.00 bits per heavy atom. The van der Waals surface area contributed by atoms with Crippen molar-refractivity contribution < 1.29 is 0 Å². The van der Waals surface area contributed by atoms with Crippen LogP contribution in [-0.2, 0) is 0 Å². The van der Waals surface area contributed by atoms with Gasteiger partial charge in [-0.25, -0.2) is 0 Å². The predicted molar refractivity (Wildman–Crippen MR) is 65.4 cm³/mol. The van der Waals surface area contributed by atoms with Crippen molar-refractivity contribution in [3.05, 3.63) is 48.0 Å². The molecule has 0 saturated carbocycles. The topological polar surface area (TPSA) is 52.0 Å². The molecular weight excluding hydrogens is 184 g/mol. The lowest BCUT2D eigenvalue weighted by Gasteiger charge is -2.07. The third-order valence-electron chi connectivity index (χ3n) is 2.47. The molecule has 2 heteroatoms. The maximum Gasteiger partial charge on any atom is 0.0317 e. The highest BCUT2D eigenvalue weighted by atomic mass is 14.5. The quantitative estimate of drug-likeness (QED) is 0.692. The molecule has 0 saturated heterocycles. The van der Waals surface area contributed by atoms with E-state index in [0.717, 1.165) is 11.4 Å². The Morgan fingerprint density at radius 2 is 1.40 bits per heavy atom. The van der Waals surface area contributed by atoms with Crippen LogP contribution in [0.1, 0.15) is 5.56 Å². The number of benzene rings is 2. The SMILES string of the molecule is Cc1cc(N)ccc1-c1ccc(N)cc1. The number of hydrogen-bond donors (Lipinski definition) is 2. The molecule has 0 amide bonds. The molecule has 76 valence electrons. The average Bonchev–Trinajstić information content (AvgIpc) is 2.20. The van der Waals surface area contributed by atoms with E-state index < -0.39 is 0 Å². The predicted octanol–water partition coefficient (Wildman–Crippen LogP) is 2.83. The maximum absolute atomic E-state index is 5.71. The summed E-state index contributed by atoms with van der Waals surface area (Å²) >= 11 is 0. The number of aryl methyl sites for hydroxylation is 1. The summed E-state index contributed by atoms with van der Waals surface area (Å²) in [5.74, 6) is 0. The second-order valence-electron chi connectivity index (χ2n) is 3.70. The maximum atomic E-state index is 5.71. The van der Waals surface area contributed by atoms with E-state index in [1.165, 1.54) is 16.7 Å². The fourth-order valence-electron chi connectivity index (χ4n) is 1.67. The zero-order valence-electron chi connectivity index (χ0n) is 8.70. The van der Waals surface area contributed by atoms with E-state index in [1.807, 2.05) is 42.5 Å². The minimum atomic E-state index is 0.784. The van der Waals surface area contributed by atoms with Crippen LogP contribution in [0, 0.1) is 6.92 Å². The van der Waals surface area contributed by atoms with Gasteiger partial charge in [0, 0.05) is 11.4 Å². The molecule has 0 fully saturated rings. The van der Waals surface area contributed by atoms with Crippen LogP contribution in [0.5, 0.6) is 0 Å². The normalized spacial score (nSPS) is 10.2. The molecule has 4 N–H and O–H groups in total. The van der Waals surface area contributed by atoms with Gasteiger partial charge in [0.1, 0.15) is 0 Å². The Labute approximate surface area is 89.5 Å². The molecule has 0 heterocycles. The fourth-order valence-corrected chi connectivity index (χ4v) is 1.67. The standard InChI is InChI=1S/C13H14N2/c1-9-8-12(15)6-7-13(9)10-2-4-11(14)5-3-10/h2-8H,14-15H2,1H3. The van der Waals surface area contributed by atoms with E-state index in [1.54, 1.807) is 0 Å². The number of rotatable bonds is 1. The first-order valence-corrected chi connectivity index (χ1v) is 4.89. The third kappa shape index (κ3) is 1.94. The lowest BCUT2D eigenvalue weighted by atomic mass is 10.00. The van der Waals surface area contributed by atoms with E-state index >= 15 is 0 Å². The van der Waals surface area contributed by atoms with Gasteiger partial charge in [-0.2, -0.15) is 0 Å². The van der Waals surface area contributed by atoms with Crippen LogP contribution in [-0.4, -0.2) is 0 Å². The second-order valence-corrected chi connectivity index (χ2v) is 3.70. The van der Waals surface area contributed by atoms with E-state index in [4.69, 9.17) is 11.5 Å². The van der Waals surface area contributed by atoms with Crippen LogP contribution in [0.4, 0.5) is 11.4 Å². The number of anilines is 2. The summed E-state index contributed by atoms with van der Waals surface area (Å²) in [5.41, 5.74) is 16.5. The largest absolute Gasteiger partial charge is 0.399 e. The van der Waals surface area contributed by atoms with Gasteiger partial charge in [-0.15, -0.1) is 0 Å². The van der Waals surface area contributed by atoms with Crippen LogP contribution in [0.25, 0.3) is 11.1 Å². The molecule has 0 spiro atoms. The molecule has 15 heavy (non-hydrogen) atoms. The van der Waals surface area contributed by atoms with Crippen molar-refractivity contribution in [2.45, 2.75) is 6.92 Å². The van der Waals surface area contributed by atoms with E-state index in [9.17, 15) is 0 Å². The Balaban J connectivity index is 2.49. The molecule has 2 aromatic carbocycles. The number of hydrogen-bond acceptors (Lipinski definition) is 2. The number of nitrogens with two attached hydrogens (primary N) is 2. The van der Waals surface area contributed by atoms with E-state index in [0.29, 0.717) is 0 Å². The molecule has 0 atom stereocenters. The summed E-state index contributed by atoms with van der Waals surface area (Å²) in [7, 11) is 0. The zero-order valence-corrected chi connectivity index (χ0v) is 8.70. The van der Waals surface area contributed by atoms with Gasteiger partial charge in [0.05, 0.1) is 0 Å². The Kier molecular flexibility index (Phi) is 2.34. The van der Waals surface area contributed by atoms with E-state index in [2.05, 4.69) is 6.92 Å². The van der Waals surface area contributed by atoms with Gasteiger partial charge in [-0.3, -0.25) is 0 Å². The Bertz CT molecular complexity index is 472. The molecule has 0 unspecified atom stereocenters. The van der Waals surface area contributed by atoms with Crippen molar-refractivity contribution >= 4 is 11.4 Å². The monoisotopic (exact) mass is 198 g/mol. The molecule has 0 aliphatic heterocycles. The molecular formula is C13H14N2. The third-order valence-corrected chi connectivity index (χ3v) is 2.47. The molecule has 0 bridgehead atoms. The molecule has 0 aromatic heterocycles. The Morgan fingerprint density at radius 1 is 0.800 bits per heavy atom. The molecule has 0 radical (unpaired) electrons. The Hall–Kier alpha value is -1.96. The van der Waals surface area contributed by atoms with Crippen LogP contribution in [0.15, 0.2) is 42.5 Å². The molecule has 2 nitrogen and oxygen atoms in total. The highest BCUT2D eigenvalue weighted by Gasteiger charge is 2.01. The zero-order chi connectivity index (χ0) is 10.8. The minimum Gasteiger partial charge on any atom is -0.399 e. The smallest absolute Gasteiger partial charge is 0.0317 e. The van der Waals surface area contributed by atoms with Gasteiger partial charge in [0.2, 0.25) is 0 Å². The highest BCUT2D eigenvalue weighted by molar-refractivity contribution is 5.70. The summed E-state index contributed by atoms with van der Waals surface area (Å²) in [6, 6.07) is 13.8. The fraction of sp³-hybridized carbons (Fsp3) is 0.0769. The van der Waals surface area contributed by atoms with Crippen molar-refractivity contribution in [1.82, 2.24) is 0 Å². The van der Waals surface area contributed by atoms with Crippen LogP contribution in [0.3, 0.4) is 0 Å². The van der Waals surface area contributed by atoms with Crippen LogP contribution < -0.4 is 11.5 Å². The highest BCUT2D eigenvalue weighted by Crippen LogP contribution is 2.25. The van der Waals surface area contributed by atoms with Crippen molar-refractivity contribution in [2.24, 2.45) is 0 Å². The van der Waals surface area contributed by atoms with Gasteiger partial charge < -0.3 is 11.5 Å². The van der Waals surface area contributed by atoms with Gasteiger partial charge >= 0.3 is 0 Å². The number of nitrogen functional groups attached to an aromatic ring is 2. The van der Waals surface area contributed by atoms with E-state index in [-0.39, 0.29) is 0 Å². The lowest BCUT2D eigenvalue weighted by Crippen LogP contribution is -1.89. The first kappa shape index (κ1) is 9.59. The second kappa shape index (κ2) is 3.65.